The first-order chi connectivity index (χ1) is 14.0. The summed E-state index contributed by atoms with van der Waals surface area (Å²) >= 11 is 0. The lowest BCUT2D eigenvalue weighted by Gasteiger charge is -2.30. The molecule has 1 aromatic heterocycles. The Morgan fingerprint density at radius 3 is 2.90 bits per heavy atom. The van der Waals surface area contributed by atoms with Crippen LogP contribution in [0.3, 0.4) is 0 Å². The summed E-state index contributed by atoms with van der Waals surface area (Å²) in [5.41, 5.74) is 2.22. The summed E-state index contributed by atoms with van der Waals surface area (Å²) in [6.07, 6.45) is 1.91. The maximum atomic E-state index is 13.1. The van der Waals surface area contributed by atoms with Crippen LogP contribution in [-0.4, -0.2) is 41.0 Å². The number of hydrogen-bond acceptors (Lipinski definition) is 6. The van der Waals surface area contributed by atoms with E-state index < -0.39 is 10.0 Å². The van der Waals surface area contributed by atoms with Crippen molar-refractivity contribution in [2.45, 2.75) is 31.3 Å². The molecule has 3 aromatic rings. The van der Waals surface area contributed by atoms with E-state index in [1.54, 1.807) is 40.7 Å². The number of sulfonamides is 1. The van der Waals surface area contributed by atoms with Crippen LogP contribution >= 0.6 is 0 Å². The maximum absolute atomic E-state index is 13.1. The molecule has 0 saturated carbocycles. The summed E-state index contributed by atoms with van der Waals surface area (Å²) < 4.78 is 27.7. The summed E-state index contributed by atoms with van der Waals surface area (Å²) in [6.45, 7) is 3.24. The minimum Gasteiger partial charge on any atom is -0.390 e. The Labute approximate surface area is 169 Å². The van der Waals surface area contributed by atoms with Gasteiger partial charge in [-0.3, -0.25) is 0 Å². The van der Waals surface area contributed by atoms with Crippen molar-refractivity contribution < 1.29 is 13.3 Å². The third-order valence-electron chi connectivity index (χ3n) is 5.12. The molecule has 29 heavy (non-hydrogen) atoms. The fourth-order valence-corrected chi connectivity index (χ4v) is 5.15. The van der Waals surface area contributed by atoms with Gasteiger partial charge in [-0.2, -0.15) is 9.57 Å². The molecule has 1 aliphatic heterocycles. The second-order valence-electron chi connectivity index (χ2n) is 7.27. The Bertz CT molecular complexity index is 1180. The molecule has 2 aromatic carbocycles. The topological polar surface area (TPSA) is 101 Å². The van der Waals surface area contributed by atoms with Crippen LogP contribution in [0.1, 0.15) is 30.9 Å². The number of benzene rings is 2. The average molecular weight is 411 g/mol. The highest BCUT2D eigenvalue weighted by Crippen LogP contribution is 2.25. The largest absolute Gasteiger partial charge is 0.390 e. The minimum absolute atomic E-state index is 0.114. The molecule has 150 valence electrons. The predicted molar refractivity (Wildman–Crippen MR) is 106 cm³/mol. The first-order valence-corrected chi connectivity index (χ1v) is 10.9. The Morgan fingerprint density at radius 1 is 1.28 bits per heavy atom. The van der Waals surface area contributed by atoms with Crippen molar-refractivity contribution >= 4 is 21.1 Å². The molecule has 2 heterocycles. The Hall–Kier alpha value is -2.96. The molecule has 4 rings (SSSR count). The number of nitrogens with zero attached hydrogens (tertiary/aromatic N) is 5. The molecule has 0 N–H and O–H groups in total. The minimum atomic E-state index is -3.59. The molecule has 1 saturated heterocycles. The van der Waals surface area contributed by atoms with Crippen molar-refractivity contribution in [1.82, 2.24) is 19.5 Å². The third-order valence-corrected chi connectivity index (χ3v) is 6.99. The Morgan fingerprint density at radius 2 is 2.10 bits per heavy atom. The molecule has 0 amide bonds. The molecule has 9 heteroatoms. The smallest absolute Gasteiger partial charge is 0.243 e. The van der Waals surface area contributed by atoms with Crippen LogP contribution in [0.5, 0.6) is 0 Å². The van der Waals surface area contributed by atoms with E-state index in [2.05, 4.69) is 23.3 Å². The molecule has 0 bridgehead atoms. The van der Waals surface area contributed by atoms with Crippen molar-refractivity contribution in [1.29, 1.82) is 5.26 Å². The van der Waals surface area contributed by atoms with Crippen LogP contribution in [-0.2, 0) is 16.6 Å². The number of nitriles is 1. The number of hydrogen-bond donors (Lipinski definition) is 0. The van der Waals surface area contributed by atoms with Gasteiger partial charge < -0.3 is 4.84 Å². The van der Waals surface area contributed by atoms with Gasteiger partial charge in [-0.1, -0.05) is 30.0 Å². The van der Waals surface area contributed by atoms with Crippen LogP contribution < -0.4 is 4.84 Å². The van der Waals surface area contributed by atoms with Crippen molar-refractivity contribution in [3.63, 3.8) is 0 Å². The molecule has 0 aliphatic carbocycles. The van der Waals surface area contributed by atoms with E-state index in [1.807, 2.05) is 6.07 Å². The van der Waals surface area contributed by atoms with Crippen molar-refractivity contribution in [2.24, 2.45) is 5.92 Å². The van der Waals surface area contributed by atoms with Crippen molar-refractivity contribution in [2.75, 3.05) is 13.1 Å². The van der Waals surface area contributed by atoms with E-state index in [1.165, 1.54) is 4.85 Å². The lowest BCUT2D eigenvalue weighted by molar-refractivity contribution is 0.0750. The molecule has 1 aliphatic rings. The molecule has 1 fully saturated rings. The summed E-state index contributed by atoms with van der Waals surface area (Å²) in [7, 11) is -3.59. The zero-order chi connectivity index (χ0) is 20.4. The van der Waals surface area contributed by atoms with Gasteiger partial charge in [-0.05, 0) is 48.2 Å². The quantitative estimate of drug-likeness (QED) is 0.639. The van der Waals surface area contributed by atoms with Crippen LogP contribution in [0.15, 0.2) is 47.4 Å². The van der Waals surface area contributed by atoms with Gasteiger partial charge in [-0.15, -0.1) is 5.10 Å². The zero-order valence-corrected chi connectivity index (χ0v) is 16.8. The van der Waals surface area contributed by atoms with E-state index in [0.29, 0.717) is 41.2 Å². The maximum Gasteiger partial charge on any atom is 0.243 e. The Kier molecular flexibility index (Phi) is 5.22. The van der Waals surface area contributed by atoms with Crippen LogP contribution in [0.25, 0.3) is 11.0 Å². The second kappa shape index (κ2) is 7.81. The molecule has 1 unspecified atom stereocenters. The van der Waals surface area contributed by atoms with Crippen molar-refractivity contribution in [3.8, 4) is 6.07 Å². The normalized spacial score (nSPS) is 17.9. The van der Waals surface area contributed by atoms with Gasteiger partial charge in [-0.25, -0.2) is 8.42 Å². The van der Waals surface area contributed by atoms with Gasteiger partial charge in [0.05, 0.1) is 16.5 Å². The number of rotatable bonds is 5. The summed E-state index contributed by atoms with van der Waals surface area (Å²) in [5, 5.41) is 17.2. The first-order valence-electron chi connectivity index (χ1n) is 9.46. The number of fused-ring (bicyclic) bond motifs is 1. The molecule has 1 atom stereocenters. The van der Waals surface area contributed by atoms with Gasteiger partial charge in [0, 0.05) is 18.7 Å². The second-order valence-corrected chi connectivity index (χ2v) is 9.20. The lowest BCUT2D eigenvalue weighted by atomic mass is 10.0. The van der Waals surface area contributed by atoms with Gasteiger partial charge in [0.2, 0.25) is 10.0 Å². The summed E-state index contributed by atoms with van der Waals surface area (Å²) in [6, 6.07) is 14.0. The van der Waals surface area contributed by atoms with Crippen LogP contribution in [0, 0.1) is 17.2 Å². The molecule has 0 spiro atoms. The number of aromatic nitrogens is 3. The standard InChI is InChI=1S/C20H21N5O3S/c1-15-5-4-10-24(13-15)29(26,27)18-8-9-19-20(11-18)25(23-22-19)28-14-17-7-3-2-6-16(17)12-21/h2-3,6-9,11,15H,4-5,10,13-14H2,1H3. The highest BCUT2D eigenvalue weighted by atomic mass is 32.2. The van der Waals surface area contributed by atoms with Gasteiger partial charge in [0.15, 0.2) is 0 Å². The third kappa shape index (κ3) is 3.81. The van der Waals surface area contributed by atoms with Crippen molar-refractivity contribution in [3.05, 3.63) is 53.6 Å². The van der Waals surface area contributed by atoms with Gasteiger partial charge in [0.25, 0.3) is 0 Å². The van der Waals surface area contributed by atoms with E-state index in [0.717, 1.165) is 12.8 Å². The molecule has 8 nitrogen and oxygen atoms in total. The molecular formula is C20H21N5O3S. The highest BCUT2D eigenvalue weighted by Gasteiger charge is 2.29. The van der Waals surface area contributed by atoms with E-state index in [4.69, 9.17) is 4.84 Å². The zero-order valence-electron chi connectivity index (χ0n) is 16.0. The van der Waals surface area contributed by atoms with E-state index >= 15 is 0 Å². The predicted octanol–water partition coefficient (Wildman–Crippen LogP) is 2.35. The van der Waals surface area contributed by atoms with Crippen LogP contribution in [0.4, 0.5) is 0 Å². The van der Waals surface area contributed by atoms with E-state index in [-0.39, 0.29) is 11.5 Å². The van der Waals surface area contributed by atoms with Crippen LogP contribution in [0.2, 0.25) is 0 Å². The molecular weight excluding hydrogens is 390 g/mol. The molecule has 0 radical (unpaired) electrons. The number of piperidine rings is 1. The fraction of sp³-hybridized carbons (Fsp3) is 0.350. The Balaban J connectivity index is 1.62. The SMILES string of the molecule is CC1CCCN(S(=O)(=O)c2ccc3nnn(OCc4ccccc4C#N)c3c2)C1. The summed E-state index contributed by atoms with van der Waals surface area (Å²) in [4.78, 5) is 7.11. The highest BCUT2D eigenvalue weighted by molar-refractivity contribution is 7.89. The lowest BCUT2D eigenvalue weighted by Crippen LogP contribution is -2.39. The summed E-state index contributed by atoms with van der Waals surface area (Å²) in [5.74, 6) is 0.345. The van der Waals surface area contributed by atoms with E-state index in [9.17, 15) is 13.7 Å². The monoisotopic (exact) mass is 411 g/mol. The average Bonchev–Trinajstić information content (AvgIpc) is 3.14. The van der Waals surface area contributed by atoms with Gasteiger partial charge >= 0.3 is 0 Å². The fourth-order valence-electron chi connectivity index (χ4n) is 3.53. The first kappa shape index (κ1) is 19.4. The van der Waals surface area contributed by atoms with Gasteiger partial charge in [0.1, 0.15) is 17.6 Å².